The van der Waals surface area contributed by atoms with Crippen LogP contribution in [0.5, 0.6) is 0 Å². The molecule has 5 rings (SSSR count). The van der Waals surface area contributed by atoms with Gasteiger partial charge in [0, 0.05) is 24.0 Å². The minimum Gasteiger partial charge on any atom is -0.322 e. The standard InChI is InChI=1S/C21H25N7O3S/c1-13-4-8-21(9-5-13)18(30)28(19(31)23-21)26-16(29)12-32-20-25-24-17(27(20)15-2-3-15)14-6-10-22-11-7-14/h6-7,10-11,13,15H,2-5,8-9,12H2,1H3,(H,23,31)(H,26,29). The zero-order valence-electron chi connectivity index (χ0n) is 17.8. The highest BCUT2D eigenvalue weighted by molar-refractivity contribution is 7.99. The zero-order valence-corrected chi connectivity index (χ0v) is 18.6. The van der Waals surface area contributed by atoms with E-state index in [2.05, 4.69) is 37.4 Å². The van der Waals surface area contributed by atoms with E-state index >= 15 is 0 Å². The van der Waals surface area contributed by atoms with Crippen LogP contribution in [0.2, 0.25) is 0 Å². The van der Waals surface area contributed by atoms with E-state index in [1.807, 2.05) is 12.1 Å². The van der Waals surface area contributed by atoms with Gasteiger partial charge < -0.3 is 5.32 Å². The number of carbonyl (C=O) groups excluding carboxylic acids is 3. The van der Waals surface area contributed by atoms with Crippen molar-refractivity contribution >= 4 is 29.6 Å². The summed E-state index contributed by atoms with van der Waals surface area (Å²) in [6.45, 7) is 2.14. The maximum Gasteiger partial charge on any atom is 0.344 e. The van der Waals surface area contributed by atoms with Crippen molar-refractivity contribution in [2.24, 2.45) is 5.92 Å². The van der Waals surface area contributed by atoms with Crippen LogP contribution in [-0.4, -0.2) is 53.9 Å². The van der Waals surface area contributed by atoms with Crippen molar-refractivity contribution in [3.8, 4) is 11.4 Å². The first-order valence-corrected chi connectivity index (χ1v) is 11.9. The highest BCUT2D eigenvalue weighted by atomic mass is 32.2. The van der Waals surface area contributed by atoms with Crippen LogP contribution in [0, 0.1) is 5.92 Å². The second-order valence-electron chi connectivity index (χ2n) is 8.80. The molecular formula is C21H25N7O3S. The van der Waals surface area contributed by atoms with Crippen molar-refractivity contribution in [1.82, 2.24) is 35.5 Å². The number of urea groups is 1. The summed E-state index contributed by atoms with van der Waals surface area (Å²) < 4.78 is 2.05. The number of pyridine rings is 1. The quantitative estimate of drug-likeness (QED) is 0.506. The van der Waals surface area contributed by atoms with Crippen LogP contribution in [0.4, 0.5) is 4.79 Å². The Morgan fingerprint density at radius 3 is 2.59 bits per heavy atom. The molecule has 2 aliphatic carbocycles. The van der Waals surface area contributed by atoms with Gasteiger partial charge >= 0.3 is 6.03 Å². The van der Waals surface area contributed by atoms with Crippen LogP contribution in [0.1, 0.15) is 51.5 Å². The van der Waals surface area contributed by atoms with Gasteiger partial charge in [0.05, 0.1) is 5.75 Å². The van der Waals surface area contributed by atoms with Gasteiger partial charge in [0.25, 0.3) is 5.91 Å². The monoisotopic (exact) mass is 455 g/mol. The number of carbonyl (C=O) groups is 3. The third-order valence-electron chi connectivity index (χ3n) is 6.37. The van der Waals surface area contributed by atoms with Crippen LogP contribution in [0.15, 0.2) is 29.7 Å². The van der Waals surface area contributed by atoms with Gasteiger partial charge in [0.15, 0.2) is 11.0 Å². The number of nitrogens with zero attached hydrogens (tertiary/aromatic N) is 5. The molecule has 1 spiro atoms. The molecule has 32 heavy (non-hydrogen) atoms. The van der Waals surface area contributed by atoms with Gasteiger partial charge in [-0.05, 0) is 56.6 Å². The fourth-order valence-electron chi connectivity index (χ4n) is 4.34. The molecule has 3 aliphatic rings. The molecule has 3 fully saturated rings. The maximum atomic E-state index is 12.9. The van der Waals surface area contributed by atoms with Gasteiger partial charge in [0.1, 0.15) is 5.54 Å². The Kier molecular flexibility index (Phi) is 5.36. The molecule has 2 aromatic rings. The fourth-order valence-corrected chi connectivity index (χ4v) is 5.14. The lowest BCUT2D eigenvalue weighted by molar-refractivity contribution is -0.139. The van der Waals surface area contributed by atoms with Crippen molar-refractivity contribution in [2.45, 2.75) is 62.2 Å². The first kappa shape index (κ1) is 20.9. The Labute approximate surface area is 189 Å². The highest BCUT2D eigenvalue weighted by Gasteiger charge is 2.52. The smallest absolute Gasteiger partial charge is 0.322 e. The van der Waals surface area contributed by atoms with E-state index in [0.717, 1.165) is 42.1 Å². The third-order valence-corrected chi connectivity index (χ3v) is 7.32. The zero-order chi connectivity index (χ0) is 22.3. The number of nitrogens with one attached hydrogen (secondary N) is 2. The maximum absolute atomic E-state index is 12.9. The SMILES string of the molecule is CC1CCC2(CC1)NC(=O)N(NC(=O)CSc1nnc(-c3ccncc3)n1C1CC1)C2=O. The first-order chi connectivity index (χ1) is 15.5. The molecule has 4 amide bonds. The Morgan fingerprint density at radius 1 is 1.19 bits per heavy atom. The number of rotatable bonds is 6. The van der Waals surface area contributed by atoms with E-state index in [-0.39, 0.29) is 11.7 Å². The van der Waals surface area contributed by atoms with Gasteiger partial charge in [-0.15, -0.1) is 10.2 Å². The van der Waals surface area contributed by atoms with E-state index in [1.54, 1.807) is 12.4 Å². The largest absolute Gasteiger partial charge is 0.344 e. The summed E-state index contributed by atoms with van der Waals surface area (Å²) in [5.41, 5.74) is 2.52. The average Bonchev–Trinajstić information content (AvgIpc) is 3.51. The fraction of sp³-hybridized carbons (Fsp3) is 0.524. The number of amides is 4. The minimum absolute atomic E-state index is 0.0162. The summed E-state index contributed by atoms with van der Waals surface area (Å²) in [6, 6.07) is 3.51. The molecule has 0 atom stereocenters. The number of aromatic nitrogens is 4. The van der Waals surface area contributed by atoms with E-state index in [0.29, 0.717) is 30.0 Å². The van der Waals surface area contributed by atoms with Gasteiger partial charge in [0.2, 0.25) is 5.91 Å². The Morgan fingerprint density at radius 2 is 1.91 bits per heavy atom. The van der Waals surface area contributed by atoms with Crippen LogP contribution in [0.25, 0.3) is 11.4 Å². The molecule has 2 aromatic heterocycles. The van der Waals surface area contributed by atoms with Crippen LogP contribution >= 0.6 is 11.8 Å². The number of hydrazine groups is 1. The summed E-state index contributed by atoms with van der Waals surface area (Å²) in [7, 11) is 0. The van der Waals surface area contributed by atoms with E-state index in [9.17, 15) is 14.4 Å². The molecule has 168 valence electrons. The molecule has 1 aliphatic heterocycles. The van der Waals surface area contributed by atoms with Crippen LogP contribution in [0.3, 0.4) is 0 Å². The summed E-state index contributed by atoms with van der Waals surface area (Å²) in [6.07, 6.45) is 8.45. The number of hydrogen-bond donors (Lipinski definition) is 2. The van der Waals surface area contributed by atoms with Gasteiger partial charge in [-0.1, -0.05) is 18.7 Å². The molecule has 3 heterocycles. The Bertz CT molecular complexity index is 1040. The summed E-state index contributed by atoms with van der Waals surface area (Å²) in [4.78, 5) is 41.9. The Balaban J connectivity index is 1.24. The predicted octanol–water partition coefficient (Wildman–Crippen LogP) is 2.30. The predicted molar refractivity (Wildman–Crippen MR) is 116 cm³/mol. The average molecular weight is 456 g/mol. The van der Waals surface area contributed by atoms with Crippen molar-refractivity contribution in [2.75, 3.05) is 5.75 Å². The molecule has 11 heteroatoms. The first-order valence-electron chi connectivity index (χ1n) is 10.9. The topological polar surface area (TPSA) is 122 Å². The van der Waals surface area contributed by atoms with Crippen molar-refractivity contribution in [3.05, 3.63) is 24.5 Å². The van der Waals surface area contributed by atoms with Crippen molar-refractivity contribution in [1.29, 1.82) is 0 Å². The van der Waals surface area contributed by atoms with Crippen LogP contribution < -0.4 is 10.7 Å². The second-order valence-corrected chi connectivity index (χ2v) is 9.74. The second kappa shape index (κ2) is 8.19. The minimum atomic E-state index is -0.879. The number of hydrogen-bond acceptors (Lipinski definition) is 7. The van der Waals surface area contributed by atoms with Gasteiger partial charge in [-0.25, -0.2) is 4.79 Å². The van der Waals surface area contributed by atoms with Crippen molar-refractivity contribution < 1.29 is 14.4 Å². The lowest BCUT2D eigenvalue weighted by Gasteiger charge is -2.33. The summed E-state index contributed by atoms with van der Waals surface area (Å²) in [5, 5.41) is 12.9. The molecule has 2 N–H and O–H groups in total. The molecule has 0 aromatic carbocycles. The van der Waals surface area contributed by atoms with E-state index in [4.69, 9.17) is 0 Å². The molecule has 0 unspecified atom stereocenters. The van der Waals surface area contributed by atoms with Gasteiger partial charge in [-0.3, -0.25) is 24.6 Å². The molecule has 2 saturated carbocycles. The van der Waals surface area contributed by atoms with E-state index in [1.165, 1.54) is 11.8 Å². The normalized spacial score (nSPS) is 25.3. The van der Waals surface area contributed by atoms with Crippen LogP contribution in [-0.2, 0) is 9.59 Å². The molecule has 10 nitrogen and oxygen atoms in total. The van der Waals surface area contributed by atoms with Crippen molar-refractivity contribution in [3.63, 3.8) is 0 Å². The number of imide groups is 1. The molecule has 0 radical (unpaired) electrons. The lowest BCUT2D eigenvalue weighted by Crippen LogP contribution is -2.51. The Hall–Kier alpha value is -2.95. The highest BCUT2D eigenvalue weighted by Crippen LogP contribution is 2.41. The van der Waals surface area contributed by atoms with E-state index < -0.39 is 17.5 Å². The summed E-state index contributed by atoms with van der Waals surface area (Å²) in [5.74, 6) is 0.499. The van der Waals surface area contributed by atoms with Gasteiger partial charge in [-0.2, -0.15) is 5.01 Å². The molecule has 0 bridgehead atoms. The third kappa shape index (κ3) is 3.85. The lowest BCUT2D eigenvalue weighted by atomic mass is 9.77. The number of thioether (sulfide) groups is 1. The summed E-state index contributed by atoms with van der Waals surface area (Å²) >= 11 is 1.24. The molecule has 1 saturated heterocycles. The molecular weight excluding hydrogens is 430 g/mol.